The molecule has 152 valence electrons. The van der Waals surface area contributed by atoms with Gasteiger partial charge in [-0.1, -0.05) is 25.5 Å². The van der Waals surface area contributed by atoms with E-state index in [0.717, 1.165) is 5.57 Å². The maximum absolute atomic E-state index is 12.3. The Morgan fingerprint density at radius 1 is 1.11 bits per heavy atom. The quantitative estimate of drug-likeness (QED) is 0.430. The molecular formula is C21H32O6. The van der Waals surface area contributed by atoms with Gasteiger partial charge in [-0.2, -0.15) is 0 Å². The van der Waals surface area contributed by atoms with Gasteiger partial charge < -0.3 is 25.5 Å². The fourth-order valence-corrected chi connectivity index (χ4v) is 7.23. The van der Waals surface area contributed by atoms with E-state index in [4.69, 9.17) is 0 Å². The molecule has 0 aromatic carbocycles. The standard InChI is InChI=1S/C21H32O6/c1-12(22)19(25)8-9-21(27)18(19,3)16(24)11-15-17(2)6-5-14(23)10-13(17)4-7-20(15,21)26/h4,14-16,23-27H,5-11H2,1-3H3/t14-,15-,16-,17-,18-,19+,20+,21+/m0/s1. The molecule has 0 heterocycles. The van der Waals surface area contributed by atoms with E-state index in [-0.39, 0.29) is 25.7 Å². The Morgan fingerprint density at radius 3 is 2.41 bits per heavy atom. The highest BCUT2D eigenvalue weighted by molar-refractivity contribution is 5.87. The lowest BCUT2D eigenvalue weighted by molar-refractivity contribution is -0.312. The summed E-state index contributed by atoms with van der Waals surface area (Å²) in [6.45, 7) is 4.87. The second-order valence-electron chi connectivity index (χ2n) is 9.96. The fraction of sp³-hybridized carbons (Fsp3) is 0.857. The van der Waals surface area contributed by atoms with E-state index < -0.39 is 51.5 Å². The molecule has 0 aromatic rings. The van der Waals surface area contributed by atoms with Gasteiger partial charge in [-0.05, 0) is 57.3 Å². The van der Waals surface area contributed by atoms with Gasteiger partial charge in [0.2, 0.25) is 0 Å². The molecule has 4 aliphatic rings. The summed E-state index contributed by atoms with van der Waals surface area (Å²) in [6.07, 6.45) is 2.73. The molecule has 0 bridgehead atoms. The molecule has 27 heavy (non-hydrogen) atoms. The summed E-state index contributed by atoms with van der Waals surface area (Å²) in [5, 5.41) is 56.1. The van der Waals surface area contributed by atoms with Gasteiger partial charge in [-0.15, -0.1) is 0 Å². The first kappa shape index (κ1) is 19.5. The van der Waals surface area contributed by atoms with E-state index in [1.54, 1.807) is 6.92 Å². The lowest BCUT2D eigenvalue weighted by Gasteiger charge is -2.66. The summed E-state index contributed by atoms with van der Waals surface area (Å²) in [5.41, 5.74) is -6.07. The smallest absolute Gasteiger partial charge is 0.162 e. The largest absolute Gasteiger partial charge is 0.393 e. The van der Waals surface area contributed by atoms with Crippen LogP contribution in [-0.2, 0) is 4.79 Å². The van der Waals surface area contributed by atoms with Crippen LogP contribution < -0.4 is 0 Å². The molecular weight excluding hydrogens is 348 g/mol. The van der Waals surface area contributed by atoms with Crippen molar-refractivity contribution < 1.29 is 30.3 Å². The van der Waals surface area contributed by atoms with Crippen LogP contribution in [0.5, 0.6) is 0 Å². The second kappa shape index (κ2) is 5.42. The van der Waals surface area contributed by atoms with Crippen LogP contribution in [-0.4, -0.2) is 60.3 Å². The van der Waals surface area contributed by atoms with Crippen molar-refractivity contribution in [2.45, 2.75) is 94.7 Å². The highest BCUT2D eigenvalue weighted by Crippen LogP contribution is 2.70. The second-order valence-corrected chi connectivity index (χ2v) is 9.96. The lowest BCUT2D eigenvalue weighted by atomic mass is 9.42. The number of carbonyl (C=O) groups excluding carboxylic acids is 1. The van der Waals surface area contributed by atoms with Gasteiger partial charge in [0, 0.05) is 5.92 Å². The Kier molecular flexibility index (Phi) is 3.92. The van der Waals surface area contributed by atoms with Gasteiger partial charge in [-0.25, -0.2) is 0 Å². The number of aliphatic hydroxyl groups excluding tert-OH is 2. The number of rotatable bonds is 1. The van der Waals surface area contributed by atoms with Crippen molar-refractivity contribution in [2.75, 3.05) is 0 Å². The highest BCUT2D eigenvalue weighted by atomic mass is 16.4. The molecule has 3 saturated carbocycles. The Morgan fingerprint density at radius 2 is 1.78 bits per heavy atom. The van der Waals surface area contributed by atoms with Crippen LogP contribution >= 0.6 is 0 Å². The van der Waals surface area contributed by atoms with Crippen molar-refractivity contribution in [1.82, 2.24) is 0 Å². The van der Waals surface area contributed by atoms with Gasteiger partial charge in [0.05, 0.1) is 17.6 Å². The van der Waals surface area contributed by atoms with E-state index in [0.29, 0.717) is 19.3 Å². The number of fused-ring (bicyclic) bond motifs is 5. The minimum Gasteiger partial charge on any atom is -0.393 e. The number of hydrogen-bond acceptors (Lipinski definition) is 6. The van der Waals surface area contributed by atoms with Gasteiger partial charge in [0.15, 0.2) is 5.78 Å². The molecule has 0 spiro atoms. The fourth-order valence-electron chi connectivity index (χ4n) is 7.23. The van der Waals surface area contributed by atoms with Crippen LogP contribution in [0.4, 0.5) is 0 Å². The Labute approximate surface area is 159 Å². The minimum absolute atomic E-state index is 0.0213. The third-order valence-corrected chi connectivity index (χ3v) is 9.18. The van der Waals surface area contributed by atoms with Crippen molar-refractivity contribution in [3.63, 3.8) is 0 Å². The molecule has 0 radical (unpaired) electrons. The van der Waals surface area contributed by atoms with Crippen LogP contribution in [0.2, 0.25) is 0 Å². The summed E-state index contributed by atoms with van der Waals surface area (Å²) in [5.74, 6) is -0.888. The molecule has 0 saturated heterocycles. The molecule has 4 aliphatic carbocycles. The Hall–Kier alpha value is -0.790. The number of Topliss-reactive ketones (excluding diaryl/α,β-unsaturated/α-hetero) is 1. The molecule has 6 heteroatoms. The molecule has 5 N–H and O–H groups in total. The molecule has 3 fully saturated rings. The van der Waals surface area contributed by atoms with Gasteiger partial charge in [-0.3, -0.25) is 4.79 Å². The zero-order valence-corrected chi connectivity index (χ0v) is 16.4. The first-order valence-corrected chi connectivity index (χ1v) is 10.1. The number of carbonyl (C=O) groups is 1. The molecule has 0 aromatic heterocycles. The lowest BCUT2D eigenvalue weighted by Crippen LogP contribution is -2.78. The van der Waals surface area contributed by atoms with Gasteiger partial charge in [0.1, 0.15) is 16.8 Å². The van der Waals surface area contributed by atoms with E-state index in [1.165, 1.54) is 6.92 Å². The normalized spacial score (nSPS) is 57.3. The molecule has 0 unspecified atom stereocenters. The topological polar surface area (TPSA) is 118 Å². The zero-order chi connectivity index (χ0) is 20.0. The average molecular weight is 380 g/mol. The van der Waals surface area contributed by atoms with E-state index in [2.05, 4.69) is 0 Å². The number of hydrogen-bond donors (Lipinski definition) is 5. The molecule has 0 amide bonds. The Bertz CT molecular complexity index is 719. The van der Waals surface area contributed by atoms with Gasteiger partial charge >= 0.3 is 0 Å². The van der Waals surface area contributed by atoms with E-state index in [9.17, 15) is 30.3 Å². The molecule has 4 rings (SSSR count). The van der Waals surface area contributed by atoms with Crippen molar-refractivity contribution in [2.24, 2.45) is 16.7 Å². The van der Waals surface area contributed by atoms with E-state index >= 15 is 0 Å². The Balaban J connectivity index is 1.87. The molecule has 8 atom stereocenters. The van der Waals surface area contributed by atoms with Crippen molar-refractivity contribution in [3.05, 3.63) is 11.6 Å². The molecule has 0 aliphatic heterocycles. The molecule has 6 nitrogen and oxygen atoms in total. The summed E-state index contributed by atoms with van der Waals surface area (Å²) < 4.78 is 0. The summed E-state index contributed by atoms with van der Waals surface area (Å²) in [7, 11) is 0. The highest BCUT2D eigenvalue weighted by Gasteiger charge is 2.80. The first-order chi connectivity index (χ1) is 12.4. The minimum atomic E-state index is -1.87. The summed E-state index contributed by atoms with van der Waals surface area (Å²) in [6, 6.07) is 0. The van der Waals surface area contributed by atoms with Gasteiger partial charge in [0.25, 0.3) is 0 Å². The third-order valence-electron chi connectivity index (χ3n) is 9.18. The predicted molar refractivity (Wildman–Crippen MR) is 97.7 cm³/mol. The SMILES string of the molecule is CC(=O)[C@]1(O)CC[C@@]2(O)[C@@]1(C)[C@@H](O)C[C@H]1[C@@]3(C)CC[C@H](O)CC3=CC[C@@]12O. The van der Waals surface area contributed by atoms with Crippen LogP contribution in [0.1, 0.15) is 65.7 Å². The number of ketones is 1. The maximum Gasteiger partial charge on any atom is 0.162 e. The summed E-state index contributed by atoms with van der Waals surface area (Å²) >= 11 is 0. The van der Waals surface area contributed by atoms with Crippen LogP contribution in [0, 0.1) is 16.7 Å². The predicted octanol–water partition coefficient (Wildman–Crippen LogP) is 0.831. The average Bonchev–Trinajstić information content (AvgIpc) is 2.83. The zero-order valence-electron chi connectivity index (χ0n) is 16.4. The van der Waals surface area contributed by atoms with Crippen molar-refractivity contribution in [3.8, 4) is 0 Å². The van der Waals surface area contributed by atoms with Crippen molar-refractivity contribution >= 4 is 5.78 Å². The van der Waals surface area contributed by atoms with Crippen LogP contribution in [0.25, 0.3) is 0 Å². The maximum atomic E-state index is 12.3. The summed E-state index contributed by atoms with van der Waals surface area (Å²) in [4.78, 5) is 12.3. The van der Waals surface area contributed by atoms with Crippen molar-refractivity contribution in [1.29, 1.82) is 0 Å². The first-order valence-electron chi connectivity index (χ1n) is 10.1. The monoisotopic (exact) mass is 380 g/mol. The van der Waals surface area contributed by atoms with Crippen LogP contribution in [0.15, 0.2) is 11.6 Å². The van der Waals surface area contributed by atoms with Crippen LogP contribution in [0.3, 0.4) is 0 Å². The third kappa shape index (κ3) is 1.96. The van der Waals surface area contributed by atoms with E-state index in [1.807, 2.05) is 13.0 Å². The number of aliphatic hydroxyl groups is 5.